The molecule has 0 radical (unpaired) electrons. The van der Waals surface area contributed by atoms with Gasteiger partial charge in [-0.15, -0.1) is 0 Å². The molecular formula is C19H13Cl2NO2. The van der Waals surface area contributed by atoms with Crippen LogP contribution in [0.3, 0.4) is 0 Å². The zero-order valence-electron chi connectivity index (χ0n) is 12.8. The van der Waals surface area contributed by atoms with Gasteiger partial charge in [-0.3, -0.25) is 0 Å². The van der Waals surface area contributed by atoms with Gasteiger partial charge in [-0.2, -0.15) is 0 Å². The minimum atomic E-state index is -0.475. The van der Waals surface area contributed by atoms with E-state index in [9.17, 15) is 4.79 Å². The summed E-state index contributed by atoms with van der Waals surface area (Å²) in [7, 11) is 0. The number of rotatable bonds is 3. The fraction of sp³-hybridized carbons (Fsp3) is 0.0526. The van der Waals surface area contributed by atoms with Crippen LogP contribution in [0.1, 0.15) is 16.7 Å². The molecule has 3 rings (SSSR count). The Kier molecular flexibility index (Phi) is 4.84. The van der Waals surface area contributed by atoms with Crippen LogP contribution < -0.4 is 0 Å². The molecule has 1 aliphatic rings. The number of ether oxygens (including phenoxy) is 1. The average molecular weight is 358 g/mol. The highest BCUT2D eigenvalue weighted by Crippen LogP contribution is 2.23. The second-order valence-corrected chi connectivity index (χ2v) is 6.12. The number of nitrogens with zero attached hydrogens (tertiary/aromatic N) is 1. The van der Waals surface area contributed by atoms with Gasteiger partial charge in [0.25, 0.3) is 0 Å². The summed E-state index contributed by atoms with van der Waals surface area (Å²) in [6.07, 6.45) is 5.01. The molecular weight excluding hydrogens is 345 g/mol. The molecule has 0 saturated heterocycles. The van der Waals surface area contributed by atoms with Crippen LogP contribution in [0.15, 0.2) is 59.2 Å². The second-order valence-electron chi connectivity index (χ2n) is 5.28. The van der Waals surface area contributed by atoms with Crippen molar-refractivity contribution in [3.63, 3.8) is 0 Å². The Balaban J connectivity index is 1.81. The summed E-state index contributed by atoms with van der Waals surface area (Å²) in [5, 5.41) is 1.07. The quantitative estimate of drug-likeness (QED) is 0.551. The van der Waals surface area contributed by atoms with Crippen molar-refractivity contribution in [1.29, 1.82) is 0 Å². The monoisotopic (exact) mass is 357 g/mol. The number of aryl methyl sites for hydroxylation is 1. The highest BCUT2D eigenvalue weighted by atomic mass is 35.5. The predicted molar refractivity (Wildman–Crippen MR) is 98.2 cm³/mol. The normalized spacial score (nSPS) is 15.9. The number of hydrogen-bond donors (Lipinski definition) is 0. The third-order valence-corrected chi connectivity index (χ3v) is 3.95. The van der Waals surface area contributed by atoms with Crippen molar-refractivity contribution < 1.29 is 9.53 Å². The number of hydrogen-bond acceptors (Lipinski definition) is 3. The molecule has 120 valence electrons. The molecule has 24 heavy (non-hydrogen) atoms. The van der Waals surface area contributed by atoms with Crippen LogP contribution in [0.25, 0.3) is 12.2 Å². The maximum absolute atomic E-state index is 11.9. The van der Waals surface area contributed by atoms with E-state index in [2.05, 4.69) is 4.99 Å². The summed E-state index contributed by atoms with van der Waals surface area (Å²) in [5.74, 6) is -0.248. The van der Waals surface area contributed by atoms with Gasteiger partial charge in [0.05, 0.1) is 0 Å². The summed E-state index contributed by atoms with van der Waals surface area (Å²) in [6.45, 7) is 2.00. The van der Waals surface area contributed by atoms with Crippen molar-refractivity contribution in [3.05, 3.63) is 81.0 Å². The summed E-state index contributed by atoms with van der Waals surface area (Å²) in [4.78, 5) is 16.1. The topological polar surface area (TPSA) is 38.7 Å². The van der Waals surface area contributed by atoms with Gasteiger partial charge in [0.1, 0.15) is 0 Å². The van der Waals surface area contributed by atoms with Gasteiger partial charge in [0.2, 0.25) is 5.90 Å². The molecule has 1 heterocycles. The molecule has 2 aromatic carbocycles. The number of benzene rings is 2. The average Bonchev–Trinajstić information content (AvgIpc) is 2.89. The van der Waals surface area contributed by atoms with E-state index in [-0.39, 0.29) is 11.6 Å². The number of cyclic esters (lactones) is 1. The molecule has 0 N–H and O–H groups in total. The lowest BCUT2D eigenvalue weighted by Gasteiger charge is -1.98. The van der Waals surface area contributed by atoms with Gasteiger partial charge in [-0.25, -0.2) is 9.79 Å². The molecule has 0 spiro atoms. The molecule has 1 aliphatic heterocycles. The third-order valence-electron chi connectivity index (χ3n) is 3.39. The van der Waals surface area contributed by atoms with E-state index in [1.54, 1.807) is 36.4 Å². The Morgan fingerprint density at radius 2 is 1.79 bits per heavy atom. The van der Waals surface area contributed by atoms with Crippen LogP contribution >= 0.6 is 23.2 Å². The number of esters is 1. The summed E-state index contributed by atoms with van der Waals surface area (Å²) >= 11 is 12.0. The number of carbonyl (C=O) groups excluding carboxylic acids is 1. The van der Waals surface area contributed by atoms with Gasteiger partial charge in [0.15, 0.2) is 5.70 Å². The van der Waals surface area contributed by atoms with Gasteiger partial charge in [-0.1, -0.05) is 59.1 Å². The van der Waals surface area contributed by atoms with E-state index in [1.807, 2.05) is 31.2 Å². The first-order valence-corrected chi connectivity index (χ1v) is 7.99. The van der Waals surface area contributed by atoms with Gasteiger partial charge in [-0.05, 0) is 42.3 Å². The van der Waals surface area contributed by atoms with Crippen molar-refractivity contribution in [2.45, 2.75) is 6.92 Å². The molecule has 0 atom stereocenters. The van der Waals surface area contributed by atoms with Crippen LogP contribution in [0, 0.1) is 6.92 Å². The zero-order valence-corrected chi connectivity index (χ0v) is 14.3. The first kappa shape index (κ1) is 16.5. The molecule has 0 amide bonds. The number of carbonyl (C=O) groups is 1. The van der Waals surface area contributed by atoms with Gasteiger partial charge in [0, 0.05) is 16.1 Å². The minimum absolute atomic E-state index is 0.226. The number of halogens is 2. The SMILES string of the molecule is Cc1ccc(C=C2N=C(C=Cc3ccc(Cl)cc3Cl)OC2=O)cc1. The second kappa shape index (κ2) is 7.04. The third kappa shape index (κ3) is 3.94. The van der Waals surface area contributed by atoms with Crippen LogP contribution in [0.5, 0.6) is 0 Å². The minimum Gasteiger partial charge on any atom is -0.403 e. The molecule has 0 unspecified atom stereocenters. The van der Waals surface area contributed by atoms with Crippen LogP contribution in [-0.2, 0) is 9.53 Å². The highest BCUT2D eigenvalue weighted by molar-refractivity contribution is 6.35. The lowest BCUT2D eigenvalue weighted by atomic mass is 10.1. The lowest BCUT2D eigenvalue weighted by molar-refractivity contribution is -0.129. The smallest absolute Gasteiger partial charge is 0.363 e. The Bertz CT molecular complexity index is 881. The van der Waals surface area contributed by atoms with Gasteiger partial charge < -0.3 is 4.74 Å². The maximum Gasteiger partial charge on any atom is 0.363 e. The fourth-order valence-electron chi connectivity index (χ4n) is 2.12. The molecule has 0 aliphatic carbocycles. The first-order chi connectivity index (χ1) is 11.5. The lowest BCUT2D eigenvalue weighted by Crippen LogP contribution is -2.01. The highest BCUT2D eigenvalue weighted by Gasteiger charge is 2.21. The molecule has 2 aromatic rings. The Morgan fingerprint density at radius 1 is 1.04 bits per heavy atom. The maximum atomic E-state index is 11.9. The van der Waals surface area contributed by atoms with E-state index < -0.39 is 5.97 Å². The molecule has 3 nitrogen and oxygen atoms in total. The van der Waals surface area contributed by atoms with E-state index in [0.717, 1.165) is 16.7 Å². The van der Waals surface area contributed by atoms with Crippen LogP contribution in [0.4, 0.5) is 0 Å². The predicted octanol–water partition coefficient (Wildman–Crippen LogP) is 5.31. The Hall–Kier alpha value is -2.36. The molecule has 0 aromatic heterocycles. The first-order valence-electron chi connectivity index (χ1n) is 7.23. The van der Waals surface area contributed by atoms with Crippen molar-refractivity contribution >= 4 is 47.2 Å². The van der Waals surface area contributed by atoms with Crippen molar-refractivity contribution in [3.8, 4) is 0 Å². The summed E-state index contributed by atoms with van der Waals surface area (Å²) < 4.78 is 5.14. The van der Waals surface area contributed by atoms with E-state index in [0.29, 0.717) is 10.0 Å². The number of aliphatic imine (C=N–C) groups is 1. The van der Waals surface area contributed by atoms with Gasteiger partial charge >= 0.3 is 5.97 Å². The molecule has 5 heteroatoms. The van der Waals surface area contributed by atoms with Crippen molar-refractivity contribution in [1.82, 2.24) is 0 Å². The molecule has 0 fully saturated rings. The van der Waals surface area contributed by atoms with Crippen molar-refractivity contribution in [2.75, 3.05) is 0 Å². The molecule has 0 saturated carbocycles. The van der Waals surface area contributed by atoms with E-state index >= 15 is 0 Å². The Labute approximate surface area is 149 Å². The van der Waals surface area contributed by atoms with E-state index in [4.69, 9.17) is 27.9 Å². The fourth-order valence-corrected chi connectivity index (χ4v) is 2.59. The standard InChI is InChI=1S/C19H13Cl2NO2/c1-12-2-4-13(5-3-12)10-17-19(23)24-18(22-17)9-7-14-6-8-15(20)11-16(14)21/h2-11H,1H3. The van der Waals surface area contributed by atoms with Crippen LogP contribution in [0.2, 0.25) is 10.0 Å². The van der Waals surface area contributed by atoms with Crippen molar-refractivity contribution in [2.24, 2.45) is 4.99 Å². The largest absolute Gasteiger partial charge is 0.403 e. The van der Waals surface area contributed by atoms with E-state index in [1.165, 1.54) is 0 Å². The summed E-state index contributed by atoms with van der Waals surface area (Å²) in [5.41, 5.74) is 3.07. The summed E-state index contributed by atoms with van der Waals surface area (Å²) in [6, 6.07) is 13.0. The Morgan fingerprint density at radius 3 is 2.50 bits per heavy atom. The molecule has 0 bridgehead atoms. The van der Waals surface area contributed by atoms with Crippen LogP contribution in [-0.4, -0.2) is 11.9 Å². The zero-order chi connectivity index (χ0) is 17.1.